The molecule has 0 saturated carbocycles. The number of aromatic nitrogens is 1. The highest BCUT2D eigenvalue weighted by atomic mass is 32.1. The lowest BCUT2D eigenvalue weighted by Gasteiger charge is -2.15. The molecule has 0 unspecified atom stereocenters. The highest BCUT2D eigenvalue weighted by Gasteiger charge is 2.14. The molecule has 1 aromatic carbocycles. The minimum Gasteiger partial charge on any atom is -0.336 e. The summed E-state index contributed by atoms with van der Waals surface area (Å²) in [6, 6.07) is 9.93. The van der Waals surface area contributed by atoms with E-state index in [9.17, 15) is 4.79 Å². The van der Waals surface area contributed by atoms with Gasteiger partial charge < -0.3 is 4.90 Å². The number of carbonyl (C=O) groups is 1. The predicted molar refractivity (Wildman–Crippen MR) is 69.1 cm³/mol. The summed E-state index contributed by atoms with van der Waals surface area (Å²) in [7, 11) is 1.80. The SMILES string of the molecule is Cc1nc(C(=O)N(C)Cc2ccccc2)cs1. The monoisotopic (exact) mass is 246 g/mol. The van der Waals surface area contributed by atoms with E-state index in [0.717, 1.165) is 10.6 Å². The van der Waals surface area contributed by atoms with Crippen molar-refractivity contribution in [3.63, 3.8) is 0 Å². The molecule has 88 valence electrons. The van der Waals surface area contributed by atoms with Gasteiger partial charge in [0.05, 0.1) is 5.01 Å². The van der Waals surface area contributed by atoms with Gasteiger partial charge in [-0.25, -0.2) is 4.98 Å². The zero-order valence-corrected chi connectivity index (χ0v) is 10.7. The third kappa shape index (κ3) is 2.91. The Hall–Kier alpha value is -1.68. The number of nitrogens with zero attached hydrogens (tertiary/aromatic N) is 2. The molecule has 0 aliphatic carbocycles. The van der Waals surface area contributed by atoms with Gasteiger partial charge in [-0.2, -0.15) is 0 Å². The van der Waals surface area contributed by atoms with E-state index in [0.29, 0.717) is 12.2 Å². The van der Waals surface area contributed by atoms with Crippen LogP contribution in [0.5, 0.6) is 0 Å². The summed E-state index contributed by atoms with van der Waals surface area (Å²) in [6.45, 7) is 2.51. The molecule has 17 heavy (non-hydrogen) atoms. The molecule has 0 atom stereocenters. The highest BCUT2D eigenvalue weighted by Crippen LogP contribution is 2.11. The zero-order valence-electron chi connectivity index (χ0n) is 9.88. The van der Waals surface area contributed by atoms with Gasteiger partial charge in [0.15, 0.2) is 0 Å². The molecule has 0 spiro atoms. The summed E-state index contributed by atoms with van der Waals surface area (Å²) in [5.41, 5.74) is 1.65. The Morgan fingerprint density at radius 3 is 2.65 bits per heavy atom. The lowest BCUT2D eigenvalue weighted by Crippen LogP contribution is -2.26. The van der Waals surface area contributed by atoms with Gasteiger partial charge in [-0.15, -0.1) is 11.3 Å². The summed E-state index contributed by atoms with van der Waals surface area (Å²) in [5.74, 6) is -0.0294. The van der Waals surface area contributed by atoms with Crippen LogP contribution in [0, 0.1) is 6.92 Å². The smallest absolute Gasteiger partial charge is 0.273 e. The first-order valence-corrected chi connectivity index (χ1v) is 6.26. The maximum Gasteiger partial charge on any atom is 0.273 e. The van der Waals surface area contributed by atoms with Gasteiger partial charge >= 0.3 is 0 Å². The minimum atomic E-state index is -0.0294. The van der Waals surface area contributed by atoms with Gasteiger partial charge in [0.2, 0.25) is 0 Å². The Bertz CT molecular complexity index is 507. The molecular formula is C13H14N2OS. The molecule has 2 rings (SSSR count). The lowest BCUT2D eigenvalue weighted by atomic mass is 10.2. The fraction of sp³-hybridized carbons (Fsp3) is 0.231. The van der Waals surface area contributed by atoms with E-state index in [1.165, 1.54) is 11.3 Å². The van der Waals surface area contributed by atoms with Gasteiger partial charge in [0.25, 0.3) is 5.91 Å². The molecule has 0 saturated heterocycles. The first-order chi connectivity index (χ1) is 8.16. The number of hydrogen-bond acceptors (Lipinski definition) is 3. The van der Waals surface area contributed by atoms with E-state index in [1.54, 1.807) is 17.3 Å². The van der Waals surface area contributed by atoms with Crippen LogP contribution in [0.1, 0.15) is 21.1 Å². The van der Waals surface area contributed by atoms with Gasteiger partial charge in [-0.3, -0.25) is 4.79 Å². The number of carbonyl (C=O) groups excluding carboxylic acids is 1. The van der Waals surface area contributed by atoms with Crippen molar-refractivity contribution in [1.29, 1.82) is 0 Å². The average molecular weight is 246 g/mol. The molecule has 3 nitrogen and oxygen atoms in total. The number of thiazole rings is 1. The maximum absolute atomic E-state index is 12.0. The predicted octanol–water partition coefficient (Wildman–Crippen LogP) is 2.72. The molecule has 1 aromatic heterocycles. The number of aryl methyl sites for hydroxylation is 1. The number of hydrogen-bond donors (Lipinski definition) is 0. The van der Waals surface area contributed by atoms with Crippen LogP contribution in [0.3, 0.4) is 0 Å². The van der Waals surface area contributed by atoms with Crippen LogP contribution in [0.4, 0.5) is 0 Å². The summed E-state index contributed by atoms with van der Waals surface area (Å²) >= 11 is 1.50. The maximum atomic E-state index is 12.0. The molecule has 1 heterocycles. The standard InChI is InChI=1S/C13H14N2OS/c1-10-14-12(9-17-10)13(16)15(2)8-11-6-4-3-5-7-11/h3-7,9H,8H2,1-2H3. The van der Waals surface area contributed by atoms with Crippen molar-refractivity contribution in [2.45, 2.75) is 13.5 Å². The Kier molecular flexibility index (Phi) is 3.54. The van der Waals surface area contributed by atoms with Gasteiger partial charge in [0, 0.05) is 19.0 Å². The Labute approximate surface area is 105 Å². The molecule has 2 aromatic rings. The third-order valence-corrected chi connectivity index (χ3v) is 3.22. The normalized spacial score (nSPS) is 10.2. The van der Waals surface area contributed by atoms with E-state index in [1.807, 2.05) is 37.3 Å². The molecule has 0 bridgehead atoms. The van der Waals surface area contributed by atoms with Crippen molar-refractivity contribution >= 4 is 17.2 Å². The van der Waals surface area contributed by atoms with E-state index in [2.05, 4.69) is 4.98 Å². The molecule has 0 radical (unpaired) electrons. The first-order valence-electron chi connectivity index (χ1n) is 5.38. The van der Waals surface area contributed by atoms with Crippen molar-refractivity contribution in [3.8, 4) is 0 Å². The number of benzene rings is 1. The van der Waals surface area contributed by atoms with Crippen LogP contribution in [-0.2, 0) is 6.54 Å². The van der Waals surface area contributed by atoms with Crippen molar-refractivity contribution in [2.24, 2.45) is 0 Å². The largest absolute Gasteiger partial charge is 0.336 e. The van der Waals surface area contributed by atoms with E-state index >= 15 is 0 Å². The van der Waals surface area contributed by atoms with E-state index < -0.39 is 0 Å². The summed E-state index contributed by atoms with van der Waals surface area (Å²) in [5, 5.41) is 2.72. The van der Waals surface area contributed by atoms with Gasteiger partial charge in [-0.1, -0.05) is 30.3 Å². The third-order valence-electron chi connectivity index (χ3n) is 2.45. The van der Waals surface area contributed by atoms with Gasteiger partial charge in [-0.05, 0) is 12.5 Å². The lowest BCUT2D eigenvalue weighted by molar-refractivity contribution is 0.0780. The molecular weight excluding hydrogens is 232 g/mol. The fourth-order valence-corrected chi connectivity index (χ4v) is 2.17. The fourth-order valence-electron chi connectivity index (χ4n) is 1.59. The van der Waals surface area contributed by atoms with Crippen molar-refractivity contribution in [2.75, 3.05) is 7.05 Å². The first kappa shape index (κ1) is 11.8. The minimum absolute atomic E-state index is 0.0294. The van der Waals surface area contributed by atoms with Crippen LogP contribution in [0.2, 0.25) is 0 Å². The summed E-state index contributed by atoms with van der Waals surface area (Å²) < 4.78 is 0. The second-order valence-corrected chi connectivity index (χ2v) is 4.96. The molecule has 1 amide bonds. The Morgan fingerprint density at radius 2 is 2.06 bits per heavy atom. The second kappa shape index (κ2) is 5.10. The van der Waals surface area contributed by atoms with Crippen LogP contribution >= 0.6 is 11.3 Å². The van der Waals surface area contributed by atoms with Crippen LogP contribution in [-0.4, -0.2) is 22.8 Å². The molecule has 0 N–H and O–H groups in total. The van der Waals surface area contributed by atoms with Crippen molar-refractivity contribution < 1.29 is 4.79 Å². The topological polar surface area (TPSA) is 33.2 Å². The van der Waals surface area contributed by atoms with Crippen molar-refractivity contribution in [3.05, 3.63) is 52.0 Å². The Balaban J connectivity index is 2.06. The zero-order chi connectivity index (χ0) is 12.3. The molecule has 0 aliphatic rings. The summed E-state index contributed by atoms with van der Waals surface area (Å²) in [4.78, 5) is 17.9. The second-order valence-electron chi connectivity index (χ2n) is 3.90. The van der Waals surface area contributed by atoms with Crippen LogP contribution < -0.4 is 0 Å². The molecule has 0 fully saturated rings. The van der Waals surface area contributed by atoms with Crippen LogP contribution in [0.15, 0.2) is 35.7 Å². The average Bonchev–Trinajstić information content (AvgIpc) is 2.76. The number of rotatable bonds is 3. The van der Waals surface area contributed by atoms with Crippen molar-refractivity contribution in [1.82, 2.24) is 9.88 Å². The number of amides is 1. The molecule has 0 aliphatic heterocycles. The van der Waals surface area contributed by atoms with Gasteiger partial charge in [0.1, 0.15) is 5.69 Å². The van der Waals surface area contributed by atoms with E-state index in [-0.39, 0.29) is 5.91 Å². The summed E-state index contributed by atoms with van der Waals surface area (Å²) in [6.07, 6.45) is 0. The molecule has 4 heteroatoms. The quantitative estimate of drug-likeness (QED) is 0.834. The highest BCUT2D eigenvalue weighted by molar-refractivity contribution is 7.09. The van der Waals surface area contributed by atoms with E-state index in [4.69, 9.17) is 0 Å². The Morgan fingerprint density at radius 1 is 1.35 bits per heavy atom. The van der Waals surface area contributed by atoms with Crippen LogP contribution in [0.25, 0.3) is 0 Å².